The molecule has 0 aliphatic heterocycles. The van der Waals surface area contributed by atoms with E-state index in [0.717, 1.165) is 24.0 Å². The third-order valence-electron chi connectivity index (χ3n) is 6.21. The number of benzene rings is 3. The van der Waals surface area contributed by atoms with Gasteiger partial charge in [0.1, 0.15) is 21.4 Å². The molecule has 0 N–H and O–H groups in total. The number of Topliss-reactive ketones (excluding diaryl/α,β-unsaturated/α-hetero) is 1. The average molecular weight is 521 g/mol. The van der Waals surface area contributed by atoms with Crippen LogP contribution in [0.5, 0.6) is 0 Å². The summed E-state index contributed by atoms with van der Waals surface area (Å²) in [6.07, 6.45) is -3.05. The van der Waals surface area contributed by atoms with Crippen LogP contribution >= 0.6 is 0 Å². The molecule has 0 saturated heterocycles. The molecule has 36 heavy (non-hydrogen) atoms. The van der Waals surface area contributed by atoms with Gasteiger partial charge in [-0.05, 0) is 65.8 Å². The van der Waals surface area contributed by atoms with Crippen LogP contribution in [0.25, 0.3) is 11.1 Å². The van der Waals surface area contributed by atoms with Crippen molar-refractivity contribution in [3.05, 3.63) is 94.3 Å². The number of hydrogen-bond acceptors (Lipinski definition) is 3. The van der Waals surface area contributed by atoms with Crippen LogP contribution < -0.4 is 0 Å². The third kappa shape index (κ3) is 7.26. The summed E-state index contributed by atoms with van der Waals surface area (Å²) in [5, 5.41) is 0. The van der Waals surface area contributed by atoms with E-state index < -0.39 is 33.3 Å². The van der Waals surface area contributed by atoms with Gasteiger partial charge in [0, 0.05) is 18.6 Å². The number of carbonyl (C=O) groups excluding carboxylic acids is 1. The van der Waals surface area contributed by atoms with Crippen molar-refractivity contribution in [2.24, 2.45) is 0 Å². The van der Waals surface area contributed by atoms with Gasteiger partial charge >= 0.3 is 6.18 Å². The predicted octanol–water partition coefficient (Wildman–Crippen LogP) is 6.71. The third-order valence-corrected chi connectivity index (χ3v) is 7.15. The van der Waals surface area contributed by atoms with Gasteiger partial charge in [0.15, 0.2) is 0 Å². The lowest BCUT2D eigenvalue weighted by molar-refractivity contribution is -0.137. The van der Waals surface area contributed by atoms with E-state index in [1.807, 2.05) is 13.0 Å². The SMILES string of the molecule is Cc1cccc(-c2cc(C(F)(F)F)ccc2CCC(=O)C(C)c2ccc(CCS(C)(=O)=O)c(F)c2)c1. The van der Waals surface area contributed by atoms with E-state index >= 15 is 0 Å². The molecule has 0 spiro atoms. The second-order valence-corrected chi connectivity index (χ2v) is 11.4. The standard InChI is InChI=1S/C28H28F4O3S/c1-18-5-4-6-23(15-18)25-17-24(28(30,31)32)11-9-20(25)10-12-27(33)19(2)22-8-7-21(26(29)16-22)13-14-36(3,34)35/h4-9,11,15-17,19H,10,12-14H2,1-3H3. The number of alkyl halides is 3. The molecule has 0 aliphatic carbocycles. The fraction of sp³-hybridized carbons (Fsp3) is 0.321. The summed E-state index contributed by atoms with van der Waals surface area (Å²) in [5.41, 5.74) is 2.56. The predicted molar refractivity (Wildman–Crippen MR) is 133 cm³/mol. The normalized spacial score (nSPS) is 13.0. The molecule has 0 saturated carbocycles. The quantitative estimate of drug-likeness (QED) is 0.295. The Morgan fingerprint density at radius 3 is 2.25 bits per heavy atom. The molecular formula is C28H28F4O3S. The lowest BCUT2D eigenvalue weighted by Gasteiger charge is -2.16. The van der Waals surface area contributed by atoms with E-state index in [4.69, 9.17) is 0 Å². The van der Waals surface area contributed by atoms with E-state index in [9.17, 15) is 30.8 Å². The highest BCUT2D eigenvalue weighted by Crippen LogP contribution is 2.35. The van der Waals surface area contributed by atoms with Gasteiger partial charge < -0.3 is 0 Å². The minimum Gasteiger partial charge on any atom is -0.299 e. The Labute approximate surface area is 209 Å². The maximum absolute atomic E-state index is 14.5. The number of rotatable bonds is 9. The minimum atomic E-state index is -4.49. The first-order chi connectivity index (χ1) is 16.7. The van der Waals surface area contributed by atoms with Crippen LogP contribution in [-0.4, -0.2) is 26.2 Å². The van der Waals surface area contributed by atoms with E-state index in [1.165, 1.54) is 18.2 Å². The number of ketones is 1. The molecule has 3 aromatic carbocycles. The van der Waals surface area contributed by atoms with Gasteiger partial charge in [-0.25, -0.2) is 12.8 Å². The highest BCUT2D eigenvalue weighted by atomic mass is 32.2. The van der Waals surface area contributed by atoms with Crippen LogP contribution in [0.15, 0.2) is 60.7 Å². The summed E-state index contributed by atoms with van der Waals surface area (Å²) < 4.78 is 77.3. The zero-order valence-corrected chi connectivity index (χ0v) is 21.1. The minimum absolute atomic E-state index is 0.0446. The highest BCUT2D eigenvalue weighted by molar-refractivity contribution is 7.90. The molecule has 0 aromatic heterocycles. The molecule has 0 aliphatic rings. The van der Waals surface area contributed by atoms with Crippen molar-refractivity contribution in [1.82, 2.24) is 0 Å². The average Bonchev–Trinajstić information content (AvgIpc) is 2.80. The number of hydrogen-bond donors (Lipinski definition) is 0. The molecule has 192 valence electrons. The smallest absolute Gasteiger partial charge is 0.299 e. The molecule has 0 amide bonds. The summed E-state index contributed by atoms with van der Waals surface area (Å²) in [4.78, 5) is 12.9. The van der Waals surface area contributed by atoms with E-state index in [2.05, 4.69) is 0 Å². The first-order valence-electron chi connectivity index (χ1n) is 11.5. The van der Waals surface area contributed by atoms with Crippen molar-refractivity contribution in [2.75, 3.05) is 12.0 Å². The van der Waals surface area contributed by atoms with Crippen LogP contribution in [0, 0.1) is 12.7 Å². The van der Waals surface area contributed by atoms with Crippen molar-refractivity contribution in [3.63, 3.8) is 0 Å². The Bertz CT molecular complexity index is 1360. The van der Waals surface area contributed by atoms with Crippen molar-refractivity contribution >= 4 is 15.6 Å². The maximum atomic E-state index is 14.5. The van der Waals surface area contributed by atoms with Gasteiger partial charge in [-0.15, -0.1) is 0 Å². The van der Waals surface area contributed by atoms with Crippen molar-refractivity contribution in [3.8, 4) is 11.1 Å². The van der Waals surface area contributed by atoms with E-state index in [-0.39, 0.29) is 36.4 Å². The summed E-state index contributed by atoms with van der Waals surface area (Å²) in [6.45, 7) is 3.51. The Morgan fingerprint density at radius 2 is 1.64 bits per heavy atom. The monoisotopic (exact) mass is 520 g/mol. The van der Waals surface area contributed by atoms with Gasteiger partial charge in [0.2, 0.25) is 0 Å². The molecule has 8 heteroatoms. The topological polar surface area (TPSA) is 51.2 Å². The molecule has 0 radical (unpaired) electrons. The zero-order valence-electron chi connectivity index (χ0n) is 20.3. The molecule has 1 atom stereocenters. The molecule has 3 aromatic rings. The van der Waals surface area contributed by atoms with Crippen LogP contribution in [0.4, 0.5) is 17.6 Å². The van der Waals surface area contributed by atoms with Crippen molar-refractivity contribution < 1.29 is 30.8 Å². The first-order valence-corrected chi connectivity index (χ1v) is 13.6. The summed E-state index contributed by atoms with van der Waals surface area (Å²) in [5.74, 6) is -1.54. The van der Waals surface area contributed by atoms with Gasteiger partial charge in [-0.3, -0.25) is 4.79 Å². The molecule has 0 fully saturated rings. The van der Waals surface area contributed by atoms with Crippen molar-refractivity contribution in [2.45, 2.75) is 45.2 Å². The molecule has 1 unspecified atom stereocenters. The van der Waals surface area contributed by atoms with E-state index in [0.29, 0.717) is 22.3 Å². The second kappa shape index (κ2) is 10.9. The van der Waals surface area contributed by atoms with Crippen LogP contribution in [0.2, 0.25) is 0 Å². The number of halogens is 4. The molecule has 0 heterocycles. The van der Waals surface area contributed by atoms with Gasteiger partial charge in [0.05, 0.1) is 11.3 Å². The molecule has 0 bridgehead atoms. The number of aryl methyl sites for hydroxylation is 3. The largest absolute Gasteiger partial charge is 0.416 e. The van der Waals surface area contributed by atoms with Gasteiger partial charge in [-0.1, -0.05) is 55.0 Å². The Balaban J connectivity index is 1.78. The van der Waals surface area contributed by atoms with Gasteiger partial charge in [-0.2, -0.15) is 13.2 Å². The van der Waals surface area contributed by atoms with Crippen LogP contribution in [0.1, 0.15) is 47.1 Å². The summed E-state index contributed by atoms with van der Waals surface area (Å²) in [6, 6.07) is 15.1. The van der Waals surface area contributed by atoms with Gasteiger partial charge in [0.25, 0.3) is 0 Å². The maximum Gasteiger partial charge on any atom is 0.416 e. The second-order valence-electron chi connectivity index (χ2n) is 9.16. The summed E-state index contributed by atoms with van der Waals surface area (Å²) >= 11 is 0. The fourth-order valence-electron chi connectivity index (χ4n) is 4.04. The number of sulfone groups is 1. The summed E-state index contributed by atoms with van der Waals surface area (Å²) in [7, 11) is -3.23. The highest BCUT2D eigenvalue weighted by Gasteiger charge is 2.31. The lowest BCUT2D eigenvalue weighted by Crippen LogP contribution is -2.12. The lowest BCUT2D eigenvalue weighted by atomic mass is 9.89. The number of carbonyl (C=O) groups is 1. The van der Waals surface area contributed by atoms with Crippen LogP contribution in [0.3, 0.4) is 0 Å². The Kier molecular flexibility index (Phi) is 8.39. The van der Waals surface area contributed by atoms with Crippen molar-refractivity contribution in [1.29, 1.82) is 0 Å². The Morgan fingerprint density at radius 1 is 0.944 bits per heavy atom. The Hall–Kier alpha value is -3.00. The zero-order chi connectivity index (χ0) is 26.7. The molecule has 3 nitrogen and oxygen atoms in total. The molecule has 3 rings (SSSR count). The van der Waals surface area contributed by atoms with Crippen LogP contribution in [-0.2, 0) is 33.6 Å². The van der Waals surface area contributed by atoms with E-state index in [1.54, 1.807) is 31.2 Å². The fourth-order valence-corrected chi connectivity index (χ4v) is 4.63. The molecular weight excluding hydrogens is 492 g/mol. The first kappa shape index (κ1) is 27.6.